The Kier molecular flexibility index (Phi) is 43.7. The van der Waals surface area contributed by atoms with Crippen molar-refractivity contribution in [1.82, 2.24) is 24.9 Å². The zero-order chi connectivity index (χ0) is 94.1. The summed E-state index contributed by atoms with van der Waals surface area (Å²) in [5, 5.41) is 30.6. The van der Waals surface area contributed by atoms with Crippen LogP contribution in [0.2, 0.25) is 43.2 Å². The summed E-state index contributed by atoms with van der Waals surface area (Å²) in [7, 11) is 13.2. The Morgan fingerprint density at radius 3 is 0.700 bits per heavy atom. The number of aliphatic hydroxyl groups is 2. The van der Waals surface area contributed by atoms with E-state index in [-0.39, 0.29) is 46.0 Å². The zero-order valence-electron chi connectivity index (χ0n) is 74.9. The molecule has 0 bridgehead atoms. The highest BCUT2D eigenvalue weighted by Gasteiger charge is 2.20. The number of pyridine rings is 5. The summed E-state index contributed by atoms with van der Waals surface area (Å²) in [5.41, 5.74) is 14.3. The van der Waals surface area contributed by atoms with Gasteiger partial charge in [0.2, 0.25) is 0 Å². The van der Waals surface area contributed by atoms with Gasteiger partial charge in [-0.25, -0.2) is 24.9 Å². The Morgan fingerprint density at radius 2 is 0.515 bits per heavy atom. The monoisotopic (exact) mass is 2010 g/mol. The third-order valence-corrected chi connectivity index (χ3v) is 26.0. The number of halogens is 7. The van der Waals surface area contributed by atoms with Gasteiger partial charge < -0.3 is 88.0 Å². The molecule has 0 aliphatic heterocycles. The van der Waals surface area contributed by atoms with E-state index in [4.69, 9.17) is 121 Å². The lowest BCUT2D eigenvalue weighted by molar-refractivity contribution is 0.201. The molecule has 0 unspecified atom stereocenters. The largest absolute Gasteiger partial charge is 0.505 e. The molecular formula is C99H110Br2Cl5N10O13Si. The fraction of sp³-hybridized carbons (Fsp3) is 0.263. The smallest absolute Gasteiger partial charge is 0.156 e. The number of nitrogens with zero attached hydrogens (tertiary/aromatic N) is 9. The maximum atomic E-state index is 9.68. The normalized spacial score (nSPS) is 10.6. The number of ether oxygens (including phenoxy) is 10. The number of aliphatic hydroxyl groups excluding tert-OH is 2. The van der Waals surface area contributed by atoms with E-state index in [9.17, 15) is 5.11 Å². The number of hydrogen-bond acceptors (Lipinski definition) is 23. The predicted molar refractivity (Wildman–Crippen MR) is 534 cm³/mol. The Labute approximate surface area is 806 Å². The van der Waals surface area contributed by atoms with Crippen LogP contribution in [0.1, 0.15) is 65.3 Å². The molecule has 0 saturated heterocycles. The number of anilines is 5. The first-order chi connectivity index (χ1) is 62.6. The fourth-order valence-corrected chi connectivity index (χ4v) is 13.0. The SMILES string of the molecule is COc1ccc(CN(Cc2ccc(OC)cc2)c2cc(Cl)c(Br)cn2)cc1.COc1ccc(CN(Cc2ccc(OC)cc2)c2cc(Cl)c(O)cn2)cc1.COc1ccc(CN(Cc2ccc(OC)cc2)c2cc(Cl)c(OCCO)cn2)cc1.COc1ccc(CN(Cc2ccc(OC)cc2)c2cc(Cl)c(OCCO)cn2)cc1.C[Si](C)C(C)(C)C.Nc1cc(Cl)c(Br)cn1. The van der Waals surface area contributed by atoms with Crippen LogP contribution in [-0.4, -0.2) is 132 Å². The van der Waals surface area contributed by atoms with E-state index in [2.05, 4.69) is 135 Å². The van der Waals surface area contributed by atoms with E-state index >= 15 is 0 Å². The summed E-state index contributed by atoms with van der Waals surface area (Å²) in [5.74, 6) is 10.8. The third-order valence-electron chi connectivity index (χ3n) is 19.8. The lowest BCUT2D eigenvalue weighted by Crippen LogP contribution is -2.23. The van der Waals surface area contributed by atoms with Crippen molar-refractivity contribution in [2.24, 2.45) is 0 Å². The van der Waals surface area contributed by atoms with E-state index in [1.165, 1.54) is 6.20 Å². The van der Waals surface area contributed by atoms with E-state index in [0.29, 0.717) is 101 Å². The predicted octanol–water partition coefficient (Wildman–Crippen LogP) is 23.7. The van der Waals surface area contributed by atoms with E-state index in [0.717, 1.165) is 117 Å². The molecule has 0 amide bonds. The Bertz CT molecular complexity index is 5020. The molecule has 0 atom stereocenters. The molecule has 0 aliphatic rings. The first-order valence-electron chi connectivity index (χ1n) is 40.9. The standard InChI is InChI=1S/2C23H25ClN2O4.C21H20BrClN2O2.C21H21ClN2O3.C6H15Si.C5H4BrClN2/c2*1-28-19-7-3-17(4-8-19)15-26(16-18-5-9-20(29-2)10-6-18)23-13-21(24)22(14-25-23)30-12-11-27;1-26-17-7-3-15(4-8-17)13-25(21-11-20(23)19(22)12-24-21)14-16-5-9-18(27-2)10-6-16;1-26-17-7-3-15(4-8-17)13-24(21-11-19(22)20(25)12-23-21)14-16-5-9-18(27-2)10-6-16;1-6(2,3)7(4)5;6-3-2-9-5(8)1-4(3)7/h2*3-10,13-14,27H,11-12,15-16H2,1-2H3;3-12H,13-14H2,1-2H3;3-12,25H,13-14H2,1-2H3;1-5H3;1-2H,(H2,8,9). The summed E-state index contributed by atoms with van der Waals surface area (Å²) in [6, 6.07) is 72.3. The van der Waals surface area contributed by atoms with Gasteiger partial charge in [-0.1, -0.05) is 189 Å². The number of aromatic nitrogens is 5. The lowest BCUT2D eigenvalue weighted by atomic mass is 10.1. The van der Waals surface area contributed by atoms with E-state index < -0.39 is 0 Å². The van der Waals surface area contributed by atoms with Gasteiger partial charge in [-0.05, 0) is 178 Å². The minimum atomic E-state index is -0.0842. The molecule has 13 rings (SSSR count). The second kappa shape index (κ2) is 54.5. The number of rotatable bonds is 34. The van der Waals surface area contributed by atoms with Crippen LogP contribution >= 0.6 is 89.9 Å². The molecule has 130 heavy (non-hydrogen) atoms. The molecule has 8 aromatic carbocycles. The lowest BCUT2D eigenvalue weighted by Gasteiger charge is -2.25. The van der Waals surface area contributed by atoms with Crippen molar-refractivity contribution in [2.75, 3.05) is 109 Å². The van der Waals surface area contributed by atoms with Crippen LogP contribution < -0.4 is 72.7 Å². The Morgan fingerprint density at radius 1 is 0.315 bits per heavy atom. The molecule has 5 heterocycles. The van der Waals surface area contributed by atoms with Crippen LogP contribution in [0.25, 0.3) is 0 Å². The molecule has 687 valence electrons. The van der Waals surface area contributed by atoms with Crippen molar-refractivity contribution in [3.05, 3.63) is 334 Å². The summed E-state index contributed by atoms with van der Waals surface area (Å²) in [6.07, 6.45) is 7.84. The molecule has 0 aliphatic carbocycles. The van der Waals surface area contributed by atoms with Gasteiger partial charge in [-0.3, -0.25) is 0 Å². The van der Waals surface area contributed by atoms with E-state index in [1.807, 2.05) is 176 Å². The molecule has 1 radical (unpaired) electrons. The quantitative estimate of drug-likeness (QED) is 0.0273. The highest BCUT2D eigenvalue weighted by molar-refractivity contribution is 9.10. The van der Waals surface area contributed by atoms with Crippen molar-refractivity contribution in [2.45, 2.75) is 91.3 Å². The highest BCUT2D eigenvalue weighted by Crippen LogP contribution is 2.36. The van der Waals surface area contributed by atoms with E-state index in [1.54, 1.807) is 106 Å². The molecular weight excluding hydrogens is 1900 g/mol. The zero-order valence-corrected chi connectivity index (χ0v) is 82.9. The van der Waals surface area contributed by atoms with Crippen molar-refractivity contribution in [1.29, 1.82) is 0 Å². The van der Waals surface area contributed by atoms with Crippen LogP contribution in [0, 0.1) is 0 Å². The summed E-state index contributed by atoms with van der Waals surface area (Å²) in [6.45, 7) is 17.0. The molecule has 5 N–H and O–H groups in total. The van der Waals surface area contributed by atoms with Gasteiger partial charge in [-0.2, -0.15) is 0 Å². The minimum absolute atomic E-state index is 0.0331. The molecule has 0 spiro atoms. The van der Waals surface area contributed by atoms with Crippen LogP contribution in [0.5, 0.6) is 63.2 Å². The Balaban J connectivity index is 0.000000202. The van der Waals surface area contributed by atoms with Gasteiger partial charge in [0.25, 0.3) is 0 Å². The van der Waals surface area contributed by atoms with Crippen LogP contribution in [0.3, 0.4) is 0 Å². The average Bonchev–Trinajstić information content (AvgIpc) is 0.835. The molecule has 13 aromatic rings. The average molecular weight is 2010 g/mol. The number of methoxy groups -OCH3 is 8. The molecule has 0 saturated carbocycles. The summed E-state index contributed by atoms with van der Waals surface area (Å²) >= 11 is 37.4. The van der Waals surface area contributed by atoms with Gasteiger partial charge in [0.1, 0.15) is 88.3 Å². The second-order valence-corrected chi connectivity index (χ2v) is 37.3. The van der Waals surface area contributed by atoms with Crippen molar-refractivity contribution in [3.63, 3.8) is 0 Å². The number of nitrogen functional groups attached to an aromatic ring is 1. The van der Waals surface area contributed by atoms with Crippen LogP contribution in [0.4, 0.5) is 29.1 Å². The third kappa shape index (κ3) is 34.9. The summed E-state index contributed by atoms with van der Waals surface area (Å²) < 4.78 is 54.3. The fourth-order valence-electron chi connectivity index (χ4n) is 11.8. The topological polar surface area (TPSA) is 256 Å². The highest BCUT2D eigenvalue weighted by atomic mass is 79.9. The van der Waals surface area contributed by atoms with Gasteiger partial charge in [0, 0.05) is 104 Å². The first kappa shape index (κ1) is 104. The molecule has 5 aromatic heterocycles. The summed E-state index contributed by atoms with van der Waals surface area (Å²) in [4.78, 5) is 30.3. The number of aromatic hydroxyl groups is 1. The van der Waals surface area contributed by atoms with Crippen LogP contribution in [-0.2, 0) is 52.4 Å². The maximum absolute atomic E-state index is 9.68. The number of nitrogens with two attached hydrogens (primary N) is 1. The van der Waals surface area contributed by atoms with Gasteiger partial charge >= 0.3 is 0 Å². The van der Waals surface area contributed by atoms with Crippen molar-refractivity contribution < 1.29 is 62.7 Å². The van der Waals surface area contributed by atoms with Gasteiger partial charge in [-0.15, -0.1) is 0 Å². The minimum Gasteiger partial charge on any atom is -0.505 e. The van der Waals surface area contributed by atoms with Crippen LogP contribution in [0.15, 0.2) is 264 Å². The van der Waals surface area contributed by atoms with Crippen molar-refractivity contribution in [3.8, 4) is 63.2 Å². The Hall–Kier alpha value is -11.1. The van der Waals surface area contributed by atoms with Crippen molar-refractivity contribution >= 4 is 128 Å². The number of benzene rings is 8. The van der Waals surface area contributed by atoms with Gasteiger partial charge in [0.05, 0.1) is 123 Å². The second-order valence-electron chi connectivity index (χ2n) is 30.0. The first-order valence-corrected chi connectivity index (χ1v) is 46.9. The van der Waals surface area contributed by atoms with Gasteiger partial charge in [0.15, 0.2) is 17.2 Å². The maximum Gasteiger partial charge on any atom is 0.156 e. The molecule has 0 fully saturated rings. The number of hydrogen-bond donors (Lipinski definition) is 4. The molecule has 31 heteroatoms. The molecule has 23 nitrogen and oxygen atoms in total.